The van der Waals surface area contributed by atoms with Crippen LogP contribution < -0.4 is 4.74 Å². The maximum atomic E-state index is 12.6. The summed E-state index contributed by atoms with van der Waals surface area (Å²) >= 11 is 4.22. The standard InChI is InChI=1S/C22H32N2O2S2/c25-22(24-10-2-1-3-11-24)18-4-6-20(7-5-18)26-21-8-12-23(13-9-21)19-16-27-14-15-28-17-19/h4-7,19,21H,1-3,8-17H2. The summed E-state index contributed by atoms with van der Waals surface area (Å²) in [6.45, 7) is 4.07. The lowest BCUT2D eigenvalue weighted by atomic mass is 10.1. The number of piperidine rings is 2. The first-order valence-corrected chi connectivity index (χ1v) is 13.1. The zero-order chi connectivity index (χ0) is 19.2. The van der Waals surface area contributed by atoms with E-state index in [0.29, 0.717) is 6.10 Å². The maximum Gasteiger partial charge on any atom is 0.253 e. The monoisotopic (exact) mass is 420 g/mol. The van der Waals surface area contributed by atoms with Gasteiger partial charge < -0.3 is 9.64 Å². The molecule has 28 heavy (non-hydrogen) atoms. The minimum atomic E-state index is 0.165. The molecule has 1 aromatic rings. The van der Waals surface area contributed by atoms with Crippen molar-refractivity contribution in [3.63, 3.8) is 0 Å². The molecule has 3 aliphatic rings. The first-order valence-electron chi connectivity index (χ1n) is 10.7. The fraction of sp³-hybridized carbons (Fsp3) is 0.682. The van der Waals surface area contributed by atoms with Crippen molar-refractivity contribution in [2.75, 3.05) is 49.2 Å². The topological polar surface area (TPSA) is 32.8 Å². The van der Waals surface area contributed by atoms with Gasteiger partial charge in [-0.1, -0.05) is 0 Å². The van der Waals surface area contributed by atoms with Gasteiger partial charge in [-0.15, -0.1) is 0 Å². The molecule has 1 aromatic carbocycles. The van der Waals surface area contributed by atoms with Gasteiger partial charge in [-0.05, 0) is 56.4 Å². The molecule has 154 valence electrons. The highest BCUT2D eigenvalue weighted by Gasteiger charge is 2.27. The molecule has 0 atom stereocenters. The number of likely N-dealkylation sites (tertiary alicyclic amines) is 2. The first-order chi connectivity index (χ1) is 13.8. The Labute approximate surface area is 177 Å². The third-order valence-corrected chi connectivity index (χ3v) is 8.52. The number of carbonyl (C=O) groups is 1. The summed E-state index contributed by atoms with van der Waals surface area (Å²) in [5.41, 5.74) is 0.785. The van der Waals surface area contributed by atoms with Gasteiger partial charge in [0.05, 0.1) is 0 Å². The molecule has 0 aliphatic carbocycles. The molecule has 0 spiro atoms. The Kier molecular flexibility index (Phi) is 7.48. The molecule has 0 bridgehead atoms. The van der Waals surface area contributed by atoms with E-state index < -0.39 is 0 Å². The van der Waals surface area contributed by atoms with Crippen LogP contribution in [0.15, 0.2) is 24.3 Å². The second-order valence-electron chi connectivity index (χ2n) is 8.03. The average Bonchev–Trinajstić information content (AvgIpc) is 3.05. The summed E-state index contributed by atoms with van der Waals surface area (Å²) in [7, 11) is 0. The van der Waals surface area contributed by atoms with Crippen LogP contribution in [0.3, 0.4) is 0 Å². The molecule has 0 saturated carbocycles. The number of benzene rings is 1. The molecule has 3 aliphatic heterocycles. The Morgan fingerprint density at radius 3 is 2.18 bits per heavy atom. The number of ether oxygens (including phenoxy) is 1. The van der Waals surface area contributed by atoms with E-state index in [0.717, 1.165) is 69.2 Å². The molecule has 4 rings (SSSR count). The van der Waals surface area contributed by atoms with Crippen LogP contribution in [0.4, 0.5) is 0 Å². The van der Waals surface area contributed by atoms with Gasteiger partial charge in [0.25, 0.3) is 5.91 Å². The predicted octanol–water partition coefficient (Wildman–Crippen LogP) is 4.00. The van der Waals surface area contributed by atoms with Gasteiger partial charge in [-0.2, -0.15) is 23.5 Å². The quantitative estimate of drug-likeness (QED) is 0.735. The Bertz CT molecular complexity index is 618. The van der Waals surface area contributed by atoms with Crippen molar-refractivity contribution in [1.82, 2.24) is 9.80 Å². The normalized spacial score (nSPS) is 23.4. The van der Waals surface area contributed by atoms with E-state index in [1.54, 1.807) is 0 Å². The van der Waals surface area contributed by atoms with E-state index >= 15 is 0 Å². The Balaban J connectivity index is 1.25. The van der Waals surface area contributed by atoms with Crippen LogP contribution in [0, 0.1) is 0 Å². The Hall–Kier alpha value is -0.850. The van der Waals surface area contributed by atoms with E-state index in [1.807, 2.05) is 29.2 Å². The second kappa shape index (κ2) is 10.3. The van der Waals surface area contributed by atoms with Gasteiger partial charge in [0.2, 0.25) is 0 Å². The zero-order valence-corrected chi connectivity index (χ0v) is 18.3. The minimum absolute atomic E-state index is 0.165. The maximum absolute atomic E-state index is 12.6. The molecule has 4 nitrogen and oxygen atoms in total. The van der Waals surface area contributed by atoms with Crippen molar-refractivity contribution in [3.8, 4) is 5.75 Å². The summed E-state index contributed by atoms with van der Waals surface area (Å²) in [5, 5.41) is 0. The van der Waals surface area contributed by atoms with Crippen molar-refractivity contribution >= 4 is 29.4 Å². The van der Waals surface area contributed by atoms with Crippen molar-refractivity contribution in [2.45, 2.75) is 44.2 Å². The predicted molar refractivity (Wildman–Crippen MR) is 120 cm³/mol. The van der Waals surface area contributed by atoms with E-state index in [1.165, 1.54) is 29.4 Å². The zero-order valence-electron chi connectivity index (χ0n) is 16.7. The molecule has 0 N–H and O–H groups in total. The van der Waals surface area contributed by atoms with Crippen LogP contribution in [-0.2, 0) is 0 Å². The molecular weight excluding hydrogens is 388 g/mol. The second-order valence-corrected chi connectivity index (χ2v) is 10.3. The van der Waals surface area contributed by atoms with Gasteiger partial charge >= 0.3 is 0 Å². The lowest BCUT2D eigenvalue weighted by Gasteiger charge is -2.37. The molecule has 0 radical (unpaired) electrons. The number of nitrogens with zero attached hydrogens (tertiary/aromatic N) is 2. The van der Waals surface area contributed by atoms with Crippen molar-refractivity contribution in [3.05, 3.63) is 29.8 Å². The van der Waals surface area contributed by atoms with E-state index in [2.05, 4.69) is 28.4 Å². The molecule has 3 heterocycles. The van der Waals surface area contributed by atoms with E-state index in [-0.39, 0.29) is 5.91 Å². The van der Waals surface area contributed by atoms with Crippen LogP contribution in [0.25, 0.3) is 0 Å². The number of hydrogen-bond donors (Lipinski definition) is 0. The van der Waals surface area contributed by atoms with Crippen LogP contribution in [-0.4, -0.2) is 77.0 Å². The highest BCUT2D eigenvalue weighted by atomic mass is 32.2. The highest BCUT2D eigenvalue weighted by molar-refractivity contribution is 8.03. The summed E-state index contributed by atoms with van der Waals surface area (Å²) in [6, 6.07) is 8.55. The average molecular weight is 421 g/mol. The highest BCUT2D eigenvalue weighted by Crippen LogP contribution is 2.25. The Morgan fingerprint density at radius 2 is 1.54 bits per heavy atom. The summed E-state index contributed by atoms with van der Waals surface area (Å²) in [4.78, 5) is 17.2. The first kappa shape index (κ1) is 20.4. The van der Waals surface area contributed by atoms with Crippen LogP contribution >= 0.6 is 23.5 Å². The van der Waals surface area contributed by atoms with Gasteiger partial charge in [-0.3, -0.25) is 9.69 Å². The molecule has 6 heteroatoms. The molecule has 0 aromatic heterocycles. The van der Waals surface area contributed by atoms with Crippen molar-refractivity contribution in [1.29, 1.82) is 0 Å². The lowest BCUT2D eigenvalue weighted by Crippen LogP contribution is -2.46. The third kappa shape index (κ3) is 5.39. The van der Waals surface area contributed by atoms with Crippen LogP contribution in [0.2, 0.25) is 0 Å². The molecular formula is C22H32N2O2S2. The third-order valence-electron chi connectivity index (χ3n) is 6.03. The van der Waals surface area contributed by atoms with Crippen molar-refractivity contribution < 1.29 is 9.53 Å². The number of thioether (sulfide) groups is 2. The molecule has 0 unspecified atom stereocenters. The number of hydrogen-bond acceptors (Lipinski definition) is 5. The fourth-order valence-corrected chi connectivity index (χ4v) is 6.95. The number of amides is 1. The van der Waals surface area contributed by atoms with Gasteiger partial charge in [0.15, 0.2) is 0 Å². The molecule has 3 fully saturated rings. The Morgan fingerprint density at radius 1 is 0.893 bits per heavy atom. The summed E-state index contributed by atoms with van der Waals surface area (Å²) < 4.78 is 6.23. The SMILES string of the molecule is O=C(c1ccc(OC2CCN(C3CSCCSC3)CC2)cc1)N1CCCCC1. The largest absolute Gasteiger partial charge is 0.490 e. The summed E-state index contributed by atoms with van der Waals surface area (Å²) in [6.07, 6.45) is 5.99. The summed E-state index contributed by atoms with van der Waals surface area (Å²) in [5.74, 6) is 6.23. The van der Waals surface area contributed by atoms with Crippen LogP contribution in [0.1, 0.15) is 42.5 Å². The lowest BCUT2D eigenvalue weighted by molar-refractivity contribution is 0.0724. The molecule has 1 amide bonds. The van der Waals surface area contributed by atoms with Gasteiger partial charge in [0.1, 0.15) is 11.9 Å². The van der Waals surface area contributed by atoms with E-state index in [9.17, 15) is 4.79 Å². The fourth-order valence-electron chi connectivity index (χ4n) is 4.32. The molecule has 3 saturated heterocycles. The van der Waals surface area contributed by atoms with Crippen molar-refractivity contribution in [2.24, 2.45) is 0 Å². The van der Waals surface area contributed by atoms with Gasteiger partial charge in [0, 0.05) is 60.8 Å². The van der Waals surface area contributed by atoms with E-state index in [4.69, 9.17) is 4.74 Å². The smallest absolute Gasteiger partial charge is 0.253 e. The van der Waals surface area contributed by atoms with Crippen LogP contribution in [0.5, 0.6) is 5.75 Å². The van der Waals surface area contributed by atoms with Gasteiger partial charge in [-0.25, -0.2) is 0 Å². The number of carbonyl (C=O) groups excluding carboxylic acids is 1. The minimum Gasteiger partial charge on any atom is -0.490 e. The number of rotatable bonds is 4.